The molecule has 0 radical (unpaired) electrons. The van der Waals surface area contributed by atoms with Gasteiger partial charge in [0.1, 0.15) is 34.1 Å². The molecule has 376 valence electrons. The average molecular weight is 996 g/mol. The molecule has 7 rings (SSSR count). The lowest BCUT2D eigenvalue weighted by Crippen LogP contribution is -2.35. The number of hydrogen-bond acceptors (Lipinski definition) is 14. The van der Waals surface area contributed by atoms with Crippen molar-refractivity contribution in [2.45, 2.75) is 85.3 Å². The zero-order valence-electron chi connectivity index (χ0n) is 40.3. The molecule has 5 aromatic heterocycles. The summed E-state index contributed by atoms with van der Waals surface area (Å²) in [6.07, 6.45) is 5.60. The number of allylic oxidation sites excluding steroid dienone is 2. The Balaban J connectivity index is 1.30. The second-order valence-corrected chi connectivity index (χ2v) is 18.9. The molecule has 23 nitrogen and oxygen atoms in total. The molecule has 5 heterocycles. The normalized spacial score (nSPS) is 12.4. The SMILES string of the molecule is CCn1nc(C)cc1C(=O)Nc1nc2cc(C(N)=O)cc(OCCCNS(=O)(=O)C(C)CC(=O)O)c2n1CC=CCn1c2nc(-c3cc(C)nn3CC)ncc2c2cc(C(N)=O)cc(OCCCOC)c21. The highest BCUT2D eigenvalue weighted by atomic mass is 32.2. The molecular weight excluding hydrogens is 939 g/mol. The van der Waals surface area contributed by atoms with Crippen molar-refractivity contribution in [2.75, 3.05) is 38.8 Å². The Hall–Kier alpha value is -7.70. The number of imidazole rings is 1. The summed E-state index contributed by atoms with van der Waals surface area (Å²) in [5.41, 5.74) is 16.2. The number of aromatic nitrogens is 9. The maximum absolute atomic E-state index is 13.9. The molecule has 0 spiro atoms. The van der Waals surface area contributed by atoms with Gasteiger partial charge >= 0.3 is 5.97 Å². The van der Waals surface area contributed by atoms with Crippen molar-refractivity contribution in [1.29, 1.82) is 0 Å². The van der Waals surface area contributed by atoms with Gasteiger partial charge in [-0.3, -0.25) is 33.9 Å². The number of anilines is 1. The van der Waals surface area contributed by atoms with Crippen molar-refractivity contribution in [3.05, 3.63) is 83.0 Å². The fourth-order valence-electron chi connectivity index (χ4n) is 8.09. The summed E-state index contributed by atoms with van der Waals surface area (Å²) < 4.78 is 52.6. The molecule has 7 N–H and O–H groups in total. The third kappa shape index (κ3) is 11.3. The van der Waals surface area contributed by atoms with Crippen molar-refractivity contribution in [1.82, 2.24) is 48.4 Å². The number of aryl methyl sites for hydroxylation is 4. The number of carboxylic acid groups (broad SMARTS) is 1. The molecule has 3 amide bonds. The Kier molecular flexibility index (Phi) is 15.8. The number of carbonyl (C=O) groups excluding carboxylic acids is 3. The molecule has 0 aliphatic carbocycles. The number of rotatable bonds is 25. The van der Waals surface area contributed by atoms with Crippen LogP contribution >= 0.6 is 0 Å². The number of fused-ring (bicyclic) bond motifs is 4. The van der Waals surface area contributed by atoms with E-state index in [9.17, 15) is 27.6 Å². The summed E-state index contributed by atoms with van der Waals surface area (Å²) in [5.74, 6) is -2.04. The van der Waals surface area contributed by atoms with Crippen molar-refractivity contribution >= 4 is 72.6 Å². The number of nitrogens with two attached hydrogens (primary N) is 2. The van der Waals surface area contributed by atoms with E-state index in [1.807, 2.05) is 48.2 Å². The molecule has 0 fully saturated rings. The molecule has 0 aliphatic rings. The maximum Gasteiger partial charge on any atom is 0.304 e. The minimum absolute atomic E-state index is 0.0472. The van der Waals surface area contributed by atoms with Crippen LogP contribution in [0, 0.1) is 13.8 Å². The predicted octanol–water partition coefficient (Wildman–Crippen LogP) is 4.32. The Bertz CT molecular complexity index is 3300. The number of ether oxygens (including phenoxy) is 3. The number of benzene rings is 2. The average Bonchev–Trinajstić information content (AvgIpc) is 4.09. The molecule has 1 atom stereocenters. The molecule has 0 aliphatic heterocycles. The van der Waals surface area contributed by atoms with Gasteiger partial charge in [0.2, 0.25) is 27.8 Å². The molecule has 1 unspecified atom stereocenters. The van der Waals surface area contributed by atoms with Crippen molar-refractivity contribution in [3.63, 3.8) is 0 Å². The number of aliphatic carboxylic acids is 1. The van der Waals surface area contributed by atoms with Crippen LogP contribution in [0.1, 0.15) is 82.6 Å². The van der Waals surface area contributed by atoms with Gasteiger partial charge in [-0.2, -0.15) is 10.2 Å². The van der Waals surface area contributed by atoms with Gasteiger partial charge in [-0.05, 0) is 77.4 Å². The molecular formula is C47H57N13O10S. The fraction of sp³-hybridized carbons (Fsp3) is 0.383. The zero-order chi connectivity index (χ0) is 51.1. The summed E-state index contributed by atoms with van der Waals surface area (Å²) in [4.78, 5) is 65.0. The highest BCUT2D eigenvalue weighted by Crippen LogP contribution is 2.37. The van der Waals surface area contributed by atoms with Gasteiger partial charge in [-0.25, -0.2) is 28.1 Å². The minimum atomic E-state index is -3.94. The largest absolute Gasteiger partial charge is 0.491 e. The standard InChI is InChI=1S/C47H57N13O10S/c1-7-59-35(19-27(3)55-59)44-50-26-33-32-22-30(42(48)63)24-37(70-18-12-16-68-6)40(32)57(45(33)53-44)14-9-10-15-58-41-34(52-47(58)54-46(65)36-20-28(4)56-60(36)8-2)23-31(43(49)64)25-38(41)69-17-11-13-51-71(66,67)29(5)21-39(61)62/h9-10,19-20,22-26,29,51H,7-8,11-18,21H2,1-6H3,(H2,48,63)(H2,49,64)(H,61,62)(H,52,54,65). The van der Waals surface area contributed by atoms with Crippen LogP contribution in [0.3, 0.4) is 0 Å². The number of sulfonamides is 1. The van der Waals surface area contributed by atoms with Gasteiger partial charge in [0.15, 0.2) is 5.82 Å². The van der Waals surface area contributed by atoms with Gasteiger partial charge in [0, 0.05) is 81.0 Å². The minimum Gasteiger partial charge on any atom is -0.491 e. The lowest BCUT2D eigenvalue weighted by molar-refractivity contribution is -0.136. The molecule has 7 aromatic rings. The van der Waals surface area contributed by atoms with Crippen LogP contribution in [0.5, 0.6) is 11.5 Å². The number of nitrogens with zero attached hydrogens (tertiary/aromatic N) is 9. The molecule has 2 aromatic carbocycles. The van der Waals surface area contributed by atoms with Crippen LogP contribution in [0.4, 0.5) is 5.95 Å². The highest BCUT2D eigenvalue weighted by Gasteiger charge is 2.25. The number of amides is 3. The van der Waals surface area contributed by atoms with Gasteiger partial charge in [-0.15, -0.1) is 0 Å². The first-order valence-corrected chi connectivity index (χ1v) is 24.5. The lowest BCUT2D eigenvalue weighted by Gasteiger charge is -2.14. The smallest absolute Gasteiger partial charge is 0.304 e. The number of carboxylic acids is 1. The van der Waals surface area contributed by atoms with E-state index in [2.05, 4.69) is 20.2 Å². The summed E-state index contributed by atoms with van der Waals surface area (Å²) in [6, 6.07) is 9.80. The van der Waals surface area contributed by atoms with E-state index < -0.39 is 45.4 Å². The second-order valence-electron chi connectivity index (χ2n) is 16.7. The number of hydrogen-bond donors (Lipinski definition) is 5. The first-order chi connectivity index (χ1) is 33.9. The number of methoxy groups -OCH3 is 1. The van der Waals surface area contributed by atoms with E-state index in [-0.39, 0.29) is 73.3 Å². The van der Waals surface area contributed by atoms with Crippen LogP contribution in [0.2, 0.25) is 0 Å². The van der Waals surface area contributed by atoms with E-state index in [0.29, 0.717) is 70.8 Å². The number of primary amides is 2. The van der Waals surface area contributed by atoms with E-state index in [1.54, 1.807) is 47.7 Å². The highest BCUT2D eigenvalue weighted by molar-refractivity contribution is 7.90. The van der Waals surface area contributed by atoms with E-state index in [4.69, 9.17) is 45.7 Å². The molecule has 0 saturated heterocycles. The van der Waals surface area contributed by atoms with Gasteiger partial charge in [0.25, 0.3) is 5.91 Å². The first-order valence-electron chi connectivity index (χ1n) is 22.9. The topological polar surface area (TPSA) is 311 Å². The summed E-state index contributed by atoms with van der Waals surface area (Å²) >= 11 is 0. The quantitative estimate of drug-likeness (QED) is 0.0393. The van der Waals surface area contributed by atoms with Crippen molar-refractivity contribution in [3.8, 4) is 23.0 Å². The van der Waals surface area contributed by atoms with Crippen LogP contribution in [-0.2, 0) is 45.7 Å². The monoisotopic (exact) mass is 995 g/mol. The predicted molar refractivity (Wildman–Crippen MR) is 264 cm³/mol. The summed E-state index contributed by atoms with van der Waals surface area (Å²) in [6.45, 7) is 10.7. The summed E-state index contributed by atoms with van der Waals surface area (Å²) in [5, 5.41) is 21.1. The Morgan fingerprint density at radius 1 is 0.803 bits per heavy atom. The Morgan fingerprint density at radius 3 is 2.10 bits per heavy atom. The number of nitrogens with one attached hydrogen (secondary N) is 2. The third-order valence-corrected chi connectivity index (χ3v) is 13.3. The Labute approximate surface area is 408 Å². The fourth-order valence-corrected chi connectivity index (χ4v) is 9.16. The van der Waals surface area contributed by atoms with E-state index >= 15 is 0 Å². The van der Waals surface area contributed by atoms with Crippen molar-refractivity contribution < 1.29 is 46.9 Å². The van der Waals surface area contributed by atoms with Crippen LogP contribution in [0.15, 0.2) is 54.7 Å². The van der Waals surface area contributed by atoms with Crippen LogP contribution in [-0.4, -0.2) is 120 Å². The zero-order valence-corrected chi connectivity index (χ0v) is 41.1. The van der Waals surface area contributed by atoms with Gasteiger partial charge < -0.3 is 39.9 Å². The first kappa shape index (κ1) is 51.2. The number of carbonyl (C=O) groups is 4. The van der Waals surface area contributed by atoms with Crippen LogP contribution < -0.4 is 31.0 Å². The lowest BCUT2D eigenvalue weighted by atomic mass is 10.1. The second kappa shape index (κ2) is 21.9. The summed E-state index contributed by atoms with van der Waals surface area (Å²) in [7, 11) is -2.34. The molecule has 0 bridgehead atoms. The Morgan fingerprint density at radius 2 is 1.44 bits per heavy atom. The molecule has 0 saturated carbocycles. The maximum atomic E-state index is 13.9. The van der Waals surface area contributed by atoms with Crippen molar-refractivity contribution in [2.24, 2.45) is 11.5 Å². The van der Waals surface area contributed by atoms with E-state index in [1.165, 1.54) is 19.1 Å². The van der Waals surface area contributed by atoms with E-state index in [0.717, 1.165) is 11.4 Å². The van der Waals surface area contributed by atoms with Crippen LogP contribution in [0.25, 0.3) is 44.5 Å². The van der Waals surface area contributed by atoms with Gasteiger partial charge in [-0.1, -0.05) is 12.2 Å². The third-order valence-electron chi connectivity index (χ3n) is 11.5. The van der Waals surface area contributed by atoms with Gasteiger partial charge in [0.05, 0.1) is 47.3 Å². The molecule has 24 heteroatoms. The molecule has 71 heavy (non-hydrogen) atoms.